The fourth-order valence-corrected chi connectivity index (χ4v) is 3.76. The van der Waals surface area contributed by atoms with E-state index in [-0.39, 0.29) is 18.0 Å². The topological polar surface area (TPSA) is 64.2 Å². The summed E-state index contributed by atoms with van der Waals surface area (Å²) in [7, 11) is 0. The number of hydrogen-bond acceptors (Lipinski definition) is 4. The third-order valence-corrected chi connectivity index (χ3v) is 4.96. The second-order valence-electron chi connectivity index (χ2n) is 6.46. The van der Waals surface area contributed by atoms with Crippen LogP contribution in [-0.4, -0.2) is 46.3 Å². The fourth-order valence-electron chi connectivity index (χ4n) is 3.76. The Bertz CT molecular complexity index is 822. The Balaban J connectivity index is 1.68. The van der Waals surface area contributed by atoms with Crippen LogP contribution >= 0.6 is 0 Å². The highest BCUT2D eigenvalue weighted by molar-refractivity contribution is 5.80. The van der Waals surface area contributed by atoms with Gasteiger partial charge in [0, 0.05) is 43.2 Å². The molecule has 0 spiro atoms. The van der Waals surface area contributed by atoms with Gasteiger partial charge in [-0.05, 0) is 19.0 Å². The second-order valence-corrected chi connectivity index (χ2v) is 6.46. The number of nitrogens with two attached hydrogens (primary N) is 1. The lowest BCUT2D eigenvalue weighted by atomic mass is 9.98. The molecule has 1 saturated heterocycles. The average molecular weight is 320 g/mol. The van der Waals surface area contributed by atoms with Crippen molar-refractivity contribution in [2.24, 2.45) is 5.73 Å². The molecular weight excluding hydrogens is 302 g/mol. The van der Waals surface area contributed by atoms with Crippen molar-refractivity contribution in [3.8, 4) is 0 Å². The van der Waals surface area contributed by atoms with Crippen LogP contribution in [0.25, 0.3) is 11.0 Å². The first kappa shape index (κ1) is 14.7. The molecule has 0 radical (unpaired) electrons. The summed E-state index contributed by atoms with van der Waals surface area (Å²) in [6.07, 6.45) is 0.738. The second kappa shape index (κ2) is 5.35. The molecule has 23 heavy (non-hydrogen) atoms. The van der Waals surface area contributed by atoms with Crippen LogP contribution in [0, 0.1) is 5.82 Å². The Kier molecular flexibility index (Phi) is 3.42. The summed E-state index contributed by atoms with van der Waals surface area (Å²) in [5, 5.41) is 0. The van der Waals surface area contributed by atoms with Crippen molar-refractivity contribution in [1.82, 2.24) is 14.5 Å². The molecule has 5 nitrogen and oxygen atoms in total. The molecular formula is C16H18F2N4O. The summed E-state index contributed by atoms with van der Waals surface area (Å²) < 4.78 is 29.7. The average Bonchev–Trinajstić information content (AvgIpc) is 2.91. The molecule has 1 fully saturated rings. The van der Waals surface area contributed by atoms with Gasteiger partial charge in [0.2, 0.25) is 0 Å². The quantitative estimate of drug-likeness (QED) is 0.897. The summed E-state index contributed by atoms with van der Waals surface area (Å²) in [5.41, 5.74) is 7.27. The third kappa shape index (κ3) is 2.35. The predicted octanol–water partition coefficient (Wildman–Crippen LogP) is 1.00. The smallest absolute Gasteiger partial charge is 0.251 e. The van der Waals surface area contributed by atoms with E-state index in [0.29, 0.717) is 42.7 Å². The first-order valence-corrected chi connectivity index (χ1v) is 7.84. The number of hydrogen-bond donors (Lipinski definition) is 1. The van der Waals surface area contributed by atoms with Gasteiger partial charge >= 0.3 is 0 Å². The number of piperidine rings is 1. The minimum Gasteiger partial charge on any atom is -0.325 e. The van der Waals surface area contributed by atoms with Gasteiger partial charge in [-0.25, -0.2) is 8.78 Å². The number of rotatable bonds is 2. The highest BCUT2D eigenvalue weighted by atomic mass is 19.1. The van der Waals surface area contributed by atoms with Crippen molar-refractivity contribution >= 4 is 11.0 Å². The number of pyridine rings is 2. The molecule has 4 heterocycles. The highest BCUT2D eigenvalue weighted by Gasteiger charge is 2.33. The lowest BCUT2D eigenvalue weighted by Gasteiger charge is -2.34. The molecule has 3 atom stereocenters. The zero-order valence-electron chi connectivity index (χ0n) is 12.6. The number of aromatic nitrogens is 2. The Hall–Kier alpha value is -1.86. The minimum absolute atomic E-state index is 0.155. The molecule has 2 aliphatic heterocycles. The zero-order valence-corrected chi connectivity index (χ0v) is 12.6. The monoisotopic (exact) mass is 320 g/mol. The molecule has 0 bridgehead atoms. The van der Waals surface area contributed by atoms with Crippen LogP contribution < -0.4 is 11.3 Å². The summed E-state index contributed by atoms with van der Waals surface area (Å²) in [4.78, 5) is 18.1. The van der Waals surface area contributed by atoms with Crippen molar-refractivity contribution in [2.45, 2.75) is 31.1 Å². The first-order chi connectivity index (χ1) is 11.0. The van der Waals surface area contributed by atoms with Crippen LogP contribution in [0.5, 0.6) is 0 Å². The van der Waals surface area contributed by atoms with Crippen LogP contribution in [0.1, 0.15) is 17.9 Å². The van der Waals surface area contributed by atoms with Gasteiger partial charge in [-0.2, -0.15) is 0 Å². The summed E-state index contributed by atoms with van der Waals surface area (Å²) in [6.45, 7) is 1.88. The Labute approximate surface area is 131 Å². The van der Waals surface area contributed by atoms with Crippen LogP contribution in [0.2, 0.25) is 0 Å². The third-order valence-electron chi connectivity index (χ3n) is 4.96. The van der Waals surface area contributed by atoms with Crippen LogP contribution in [0.3, 0.4) is 0 Å². The van der Waals surface area contributed by atoms with E-state index in [1.54, 1.807) is 10.6 Å². The maximum atomic E-state index is 14.3. The molecule has 4 rings (SSSR count). The first-order valence-electron chi connectivity index (χ1n) is 7.84. The van der Waals surface area contributed by atoms with E-state index in [1.807, 2.05) is 4.90 Å². The van der Waals surface area contributed by atoms with Gasteiger partial charge in [0.1, 0.15) is 12.0 Å². The maximum Gasteiger partial charge on any atom is 0.251 e. The molecule has 2 aromatic rings. The van der Waals surface area contributed by atoms with Gasteiger partial charge < -0.3 is 10.3 Å². The number of likely N-dealkylation sites (tertiary alicyclic amines) is 1. The molecule has 122 valence electrons. The van der Waals surface area contributed by atoms with Gasteiger partial charge in [0.25, 0.3) is 5.56 Å². The number of halogens is 2. The van der Waals surface area contributed by atoms with E-state index in [1.165, 1.54) is 12.3 Å². The molecule has 0 amide bonds. The van der Waals surface area contributed by atoms with Gasteiger partial charge in [0.05, 0.1) is 17.2 Å². The van der Waals surface area contributed by atoms with Crippen LogP contribution in [-0.2, 0) is 6.54 Å². The lowest BCUT2D eigenvalue weighted by molar-refractivity contribution is 0.113. The SMILES string of the molecule is N[C@@H]1CCN(CC2Cn3c(=O)ccc4ncc(F)c2c43)C[C@@H]1F. The Morgan fingerprint density at radius 3 is 2.96 bits per heavy atom. The zero-order chi connectivity index (χ0) is 16.1. The molecule has 1 unspecified atom stereocenters. The van der Waals surface area contributed by atoms with Crippen molar-refractivity contribution in [3.05, 3.63) is 40.1 Å². The Morgan fingerprint density at radius 1 is 1.35 bits per heavy atom. The summed E-state index contributed by atoms with van der Waals surface area (Å²) in [6, 6.07) is 2.66. The van der Waals surface area contributed by atoms with E-state index < -0.39 is 18.0 Å². The molecule has 2 aliphatic rings. The molecule has 0 aliphatic carbocycles. The minimum atomic E-state index is -1.06. The molecule has 0 aromatic carbocycles. The van der Waals surface area contributed by atoms with E-state index in [4.69, 9.17) is 5.73 Å². The summed E-state index contributed by atoms with van der Waals surface area (Å²) in [5.74, 6) is -0.568. The van der Waals surface area contributed by atoms with Crippen LogP contribution in [0.4, 0.5) is 8.78 Å². The van der Waals surface area contributed by atoms with Crippen molar-refractivity contribution in [2.75, 3.05) is 19.6 Å². The van der Waals surface area contributed by atoms with Gasteiger partial charge in [-0.15, -0.1) is 0 Å². The van der Waals surface area contributed by atoms with E-state index in [9.17, 15) is 13.6 Å². The Morgan fingerprint density at radius 2 is 2.17 bits per heavy atom. The van der Waals surface area contributed by atoms with E-state index in [0.717, 1.165) is 0 Å². The van der Waals surface area contributed by atoms with Gasteiger partial charge in [0.15, 0.2) is 0 Å². The molecule has 2 N–H and O–H groups in total. The highest BCUT2D eigenvalue weighted by Crippen LogP contribution is 2.34. The van der Waals surface area contributed by atoms with E-state index >= 15 is 0 Å². The fraction of sp³-hybridized carbons (Fsp3) is 0.500. The number of alkyl halides is 1. The van der Waals surface area contributed by atoms with Crippen molar-refractivity contribution in [3.63, 3.8) is 0 Å². The lowest BCUT2D eigenvalue weighted by Crippen LogP contribution is -2.49. The largest absolute Gasteiger partial charge is 0.325 e. The van der Waals surface area contributed by atoms with E-state index in [2.05, 4.69) is 4.98 Å². The number of nitrogens with zero attached hydrogens (tertiary/aromatic N) is 3. The van der Waals surface area contributed by atoms with Gasteiger partial charge in [-0.3, -0.25) is 14.7 Å². The van der Waals surface area contributed by atoms with Gasteiger partial charge in [-0.1, -0.05) is 0 Å². The van der Waals surface area contributed by atoms with Crippen LogP contribution in [0.15, 0.2) is 23.1 Å². The van der Waals surface area contributed by atoms with Crippen molar-refractivity contribution in [1.29, 1.82) is 0 Å². The standard InChI is InChI=1S/C16H18F2N4O/c17-10-5-20-13-1-2-14(23)22-7-9(15(10)16(13)22)6-21-4-3-12(19)11(18)8-21/h1-2,5,9,11-12H,3-4,6-8,19H2/t9?,11-,12+/m0/s1. The van der Waals surface area contributed by atoms with Crippen molar-refractivity contribution < 1.29 is 8.78 Å². The summed E-state index contributed by atoms with van der Waals surface area (Å²) >= 11 is 0. The molecule has 7 heteroatoms. The predicted molar refractivity (Wildman–Crippen MR) is 82.6 cm³/mol. The normalized spacial score (nSPS) is 27.7. The molecule has 0 saturated carbocycles. The maximum absolute atomic E-state index is 14.3. The molecule has 2 aromatic heterocycles.